The van der Waals surface area contributed by atoms with Crippen LogP contribution < -0.4 is 10.6 Å². The van der Waals surface area contributed by atoms with Crippen LogP contribution in [0.1, 0.15) is 22.6 Å². The SMILES string of the molecule is C[N+](C)(C)CCNC(=O)[C@H](Cc1ccccc1)NC(=O)OCC1c2ccccc2-c2ccccc21. The Morgan fingerprint density at radius 1 is 0.857 bits per heavy atom. The largest absolute Gasteiger partial charge is 0.449 e. The number of amides is 2. The Bertz CT molecular complexity index is 1130. The number of benzene rings is 3. The fourth-order valence-electron chi connectivity index (χ4n) is 4.48. The van der Waals surface area contributed by atoms with Gasteiger partial charge in [0.1, 0.15) is 12.6 Å². The van der Waals surface area contributed by atoms with Crippen LogP contribution in [0.2, 0.25) is 0 Å². The molecule has 0 fully saturated rings. The molecule has 0 saturated heterocycles. The van der Waals surface area contributed by atoms with Crippen LogP contribution in [0.15, 0.2) is 78.9 Å². The summed E-state index contributed by atoms with van der Waals surface area (Å²) in [5, 5.41) is 5.77. The topological polar surface area (TPSA) is 67.4 Å². The molecule has 0 unspecified atom stereocenters. The first kappa shape index (κ1) is 24.5. The van der Waals surface area contributed by atoms with Crippen molar-refractivity contribution in [2.24, 2.45) is 0 Å². The fraction of sp³-hybridized carbons (Fsp3) is 0.310. The highest BCUT2D eigenvalue weighted by Gasteiger charge is 2.30. The first-order valence-corrected chi connectivity index (χ1v) is 12.1. The van der Waals surface area contributed by atoms with Crippen molar-refractivity contribution in [1.82, 2.24) is 10.6 Å². The lowest BCUT2D eigenvalue weighted by Gasteiger charge is -2.25. The van der Waals surface area contributed by atoms with Gasteiger partial charge in [0.15, 0.2) is 0 Å². The zero-order valence-corrected chi connectivity index (χ0v) is 20.7. The van der Waals surface area contributed by atoms with Crippen LogP contribution in [0.5, 0.6) is 0 Å². The Balaban J connectivity index is 1.42. The van der Waals surface area contributed by atoms with E-state index in [4.69, 9.17) is 4.74 Å². The van der Waals surface area contributed by atoms with E-state index >= 15 is 0 Å². The molecule has 6 nitrogen and oxygen atoms in total. The van der Waals surface area contributed by atoms with E-state index in [0.717, 1.165) is 27.7 Å². The van der Waals surface area contributed by atoms with Gasteiger partial charge in [0, 0.05) is 12.3 Å². The van der Waals surface area contributed by atoms with Crippen molar-refractivity contribution in [3.63, 3.8) is 0 Å². The minimum atomic E-state index is -0.722. The van der Waals surface area contributed by atoms with E-state index in [1.54, 1.807) is 0 Å². The van der Waals surface area contributed by atoms with Crippen molar-refractivity contribution in [2.75, 3.05) is 40.8 Å². The average molecular weight is 473 g/mol. The number of ether oxygens (including phenoxy) is 1. The number of alkyl carbamates (subject to hydrolysis) is 1. The van der Waals surface area contributed by atoms with E-state index in [1.165, 1.54) is 11.1 Å². The smallest absolute Gasteiger partial charge is 0.407 e. The molecule has 0 bridgehead atoms. The molecule has 1 aliphatic carbocycles. The molecule has 6 heteroatoms. The van der Waals surface area contributed by atoms with Crippen molar-refractivity contribution in [1.29, 1.82) is 0 Å². The first-order chi connectivity index (χ1) is 16.8. The van der Waals surface area contributed by atoms with Gasteiger partial charge in [-0.2, -0.15) is 0 Å². The first-order valence-electron chi connectivity index (χ1n) is 12.1. The Kier molecular flexibility index (Phi) is 7.51. The van der Waals surface area contributed by atoms with Gasteiger partial charge in [-0.25, -0.2) is 4.79 Å². The maximum Gasteiger partial charge on any atom is 0.407 e. The maximum absolute atomic E-state index is 13.0. The van der Waals surface area contributed by atoms with Gasteiger partial charge < -0.3 is 19.9 Å². The van der Waals surface area contributed by atoms with Crippen LogP contribution in [-0.4, -0.2) is 63.4 Å². The number of quaternary nitrogens is 1. The summed E-state index contributed by atoms with van der Waals surface area (Å²) in [6.45, 7) is 1.52. The Hall–Kier alpha value is -3.64. The predicted octanol–water partition coefficient (Wildman–Crippen LogP) is 3.96. The van der Waals surface area contributed by atoms with Gasteiger partial charge in [0.25, 0.3) is 0 Å². The second-order valence-electron chi connectivity index (χ2n) is 10.0. The van der Waals surface area contributed by atoms with Gasteiger partial charge in [-0.1, -0.05) is 78.9 Å². The standard InChI is InChI=1S/C29H33N3O3/c1-32(2,3)18-17-30-28(33)27(19-21-11-5-4-6-12-21)31-29(34)35-20-26-24-15-9-7-13-22(24)23-14-8-10-16-25(23)26/h4-16,26-27H,17-20H2,1-3H3,(H-,30,31,33,34)/p+1/t27-/m0/s1. The second-order valence-corrected chi connectivity index (χ2v) is 10.0. The number of fused-ring (bicyclic) bond motifs is 3. The number of likely N-dealkylation sites (N-methyl/N-ethyl adjacent to an activating group) is 1. The van der Waals surface area contributed by atoms with Gasteiger partial charge in [-0.3, -0.25) is 4.79 Å². The van der Waals surface area contributed by atoms with E-state index in [9.17, 15) is 9.59 Å². The van der Waals surface area contributed by atoms with Crippen molar-refractivity contribution in [3.8, 4) is 11.1 Å². The summed E-state index contributed by atoms with van der Waals surface area (Å²) < 4.78 is 6.42. The highest BCUT2D eigenvalue weighted by atomic mass is 16.5. The van der Waals surface area contributed by atoms with Crippen LogP contribution in [0.3, 0.4) is 0 Å². The van der Waals surface area contributed by atoms with Crippen LogP contribution >= 0.6 is 0 Å². The molecule has 2 N–H and O–H groups in total. The van der Waals surface area contributed by atoms with Crippen LogP contribution in [0, 0.1) is 0 Å². The molecule has 3 aromatic rings. The molecular weight excluding hydrogens is 438 g/mol. The summed E-state index contributed by atoms with van der Waals surface area (Å²) in [4.78, 5) is 25.8. The molecular formula is C29H34N3O3+. The van der Waals surface area contributed by atoms with Crippen molar-refractivity contribution in [3.05, 3.63) is 95.6 Å². The van der Waals surface area contributed by atoms with E-state index in [2.05, 4.69) is 56.0 Å². The number of nitrogens with zero attached hydrogens (tertiary/aromatic N) is 1. The third-order valence-electron chi connectivity index (χ3n) is 6.32. The van der Waals surface area contributed by atoms with Crippen molar-refractivity contribution < 1.29 is 18.8 Å². The summed E-state index contributed by atoms with van der Waals surface area (Å²) in [5.74, 6) is -0.241. The van der Waals surface area contributed by atoms with E-state index in [-0.39, 0.29) is 18.4 Å². The molecule has 2 amide bonds. The second kappa shape index (κ2) is 10.7. The molecule has 0 aliphatic heterocycles. The summed E-state index contributed by atoms with van der Waals surface area (Å²) in [6.07, 6.45) is -0.198. The number of hydrogen-bond donors (Lipinski definition) is 2. The van der Waals surface area contributed by atoms with E-state index in [0.29, 0.717) is 13.0 Å². The van der Waals surface area contributed by atoms with Crippen molar-refractivity contribution >= 4 is 12.0 Å². The molecule has 0 saturated carbocycles. The number of carbonyl (C=O) groups is 2. The average Bonchev–Trinajstić information content (AvgIpc) is 3.16. The van der Waals surface area contributed by atoms with Gasteiger partial charge in [-0.15, -0.1) is 0 Å². The molecule has 1 atom stereocenters. The number of rotatable bonds is 9. The summed E-state index contributed by atoms with van der Waals surface area (Å²) >= 11 is 0. The molecule has 182 valence electrons. The zero-order chi connectivity index (χ0) is 24.8. The van der Waals surface area contributed by atoms with Crippen LogP contribution in [-0.2, 0) is 16.0 Å². The predicted molar refractivity (Wildman–Crippen MR) is 138 cm³/mol. The fourth-order valence-corrected chi connectivity index (χ4v) is 4.48. The monoisotopic (exact) mass is 472 g/mol. The molecule has 3 aromatic carbocycles. The highest BCUT2D eigenvalue weighted by Crippen LogP contribution is 2.44. The lowest BCUT2D eigenvalue weighted by atomic mass is 9.98. The van der Waals surface area contributed by atoms with Gasteiger partial charge in [0.2, 0.25) is 5.91 Å². The maximum atomic E-state index is 13.0. The quantitative estimate of drug-likeness (QED) is 0.464. The van der Waals surface area contributed by atoms with Crippen molar-refractivity contribution in [2.45, 2.75) is 18.4 Å². The zero-order valence-electron chi connectivity index (χ0n) is 20.7. The summed E-state index contributed by atoms with van der Waals surface area (Å²) in [5.41, 5.74) is 5.63. The van der Waals surface area contributed by atoms with Gasteiger partial charge >= 0.3 is 6.09 Å². The normalized spacial score (nSPS) is 13.5. The van der Waals surface area contributed by atoms with Crippen LogP contribution in [0.4, 0.5) is 4.79 Å². The third kappa shape index (κ3) is 6.28. The Morgan fingerprint density at radius 2 is 1.43 bits per heavy atom. The molecule has 4 rings (SSSR count). The molecule has 0 spiro atoms. The molecule has 0 heterocycles. The Labute approximate surface area is 207 Å². The number of carbonyl (C=O) groups excluding carboxylic acids is 2. The number of nitrogens with one attached hydrogen (secondary N) is 2. The number of hydrogen-bond acceptors (Lipinski definition) is 3. The molecule has 0 radical (unpaired) electrons. The van der Waals surface area contributed by atoms with Gasteiger partial charge in [-0.05, 0) is 27.8 Å². The summed E-state index contributed by atoms with van der Waals surface area (Å²) in [6, 6.07) is 25.4. The molecule has 0 aromatic heterocycles. The van der Waals surface area contributed by atoms with E-state index < -0.39 is 12.1 Å². The lowest BCUT2D eigenvalue weighted by molar-refractivity contribution is -0.869. The molecule has 1 aliphatic rings. The molecule has 35 heavy (non-hydrogen) atoms. The Morgan fingerprint density at radius 3 is 2.03 bits per heavy atom. The minimum absolute atomic E-state index is 0.0286. The van der Waals surface area contributed by atoms with Crippen LogP contribution in [0.25, 0.3) is 11.1 Å². The third-order valence-corrected chi connectivity index (χ3v) is 6.32. The minimum Gasteiger partial charge on any atom is -0.449 e. The lowest BCUT2D eigenvalue weighted by Crippen LogP contribution is -2.50. The van der Waals surface area contributed by atoms with Gasteiger partial charge in [0.05, 0.1) is 34.2 Å². The van der Waals surface area contributed by atoms with E-state index in [1.807, 2.05) is 54.6 Å². The summed E-state index contributed by atoms with van der Waals surface area (Å²) in [7, 11) is 6.22. The highest BCUT2D eigenvalue weighted by molar-refractivity contribution is 5.86.